The first-order valence-electron chi connectivity index (χ1n) is 4.84. The first-order chi connectivity index (χ1) is 7.40. The van der Waals surface area contributed by atoms with E-state index in [1.54, 1.807) is 20.0 Å². The molecule has 1 aromatic heterocycles. The van der Waals surface area contributed by atoms with E-state index in [0.717, 1.165) is 5.69 Å². The van der Waals surface area contributed by atoms with Crippen molar-refractivity contribution in [2.24, 2.45) is 7.05 Å². The molecule has 0 aromatic carbocycles. The Balaban J connectivity index is 2.95. The standard InChI is InChI=1S/C10H14N2O4/c1-6-3-8(12(2)11-6)7(4-9(13)14)5-10(15)16/h3,7H,4-5H2,1-2H3,(H,13,14)(H,15,16). The summed E-state index contributed by atoms with van der Waals surface area (Å²) in [5, 5.41) is 21.5. The van der Waals surface area contributed by atoms with Crippen LogP contribution in [0.3, 0.4) is 0 Å². The van der Waals surface area contributed by atoms with E-state index in [-0.39, 0.29) is 12.8 Å². The van der Waals surface area contributed by atoms with E-state index in [1.807, 2.05) is 0 Å². The van der Waals surface area contributed by atoms with E-state index < -0.39 is 17.9 Å². The van der Waals surface area contributed by atoms with Gasteiger partial charge in [-0.25, -0.2) is 0 Å². The predicted octanol–water partition coefficient (Wildman–Crippen LogP) is 0.762. The average molecular weight is 226 g/mol. The number of rotatable bonds is 5. The molecule has 16 heavy (non-hydrogen) atoms. The van der Waals surface area contributed by atoms with Crippen LogP contribution in [0.4, 0.5) is 0 Å². The predicted molar refractivity (Wildman–Crippen MR) is 55.2 cm³/mol. The van der Waals surface area contributed by atoms with Crippen molar-refractivity contribution in [3.8, 4) is 0 Å². The minimum atomic E-state index is -1.01. The van der Waals surface area contributed by atoms with Gasteiger partial charge in [0.05, 0.1) is 18.5 Å². The fraction of sp³-hybridized carbons (Fsp3) is 0.500. The Morgan fingerprint density at radius 1 is 1.38 bits per heavy atom. The molecule has 0 aliphatic carbocycles. The van der Waals surface area contributed by atoms with Crippen molar-refractivity contribution >= 4 is 11.9 Å². The van der Waals surface area contributed by atoms with Crippen molar-refractivity contribution < 1.29 is 19.8 Å². The van der Waals surface area contributed by atoms with Gasteiger partial charge in [0.15, 0.2) is 0 Å². The molecule has 0 saturated heterocycles. The lowest BCUT2D eigenvalue weighted by Gasteiger charge is -2.12. The van der Waals surface area contributed by atoms with Gasteiger partial charge in [0.1, 0.15) is 0 Å². The maximum Gasteiger partial charge on any atom is 0.304 e. The van der Waals surface area contributed by atoms with Gasteiger partial charge in [0, 0.05) is 18.7 Å². The van der Waals surface area contributed by atoms with Gasteiger partial charge in [-0.2, -0.15) is 5.10 Å². The molecule has 6 heteroatoms. The van der Waals surface area contributed by atoms with Gasteiger partial charge in [-0.1, -0.05) is 0 Å². The van der Waals surface area contributed by atoms with E-state index in [4.69, 9.17) is 10.2 Å². The van der Waals surface area contributed by atoms with Gasteiger partial charge in [-0.15, -0.1) is 0 Å². The van der Waals surface area contributed by atoms with Crippen LogP contribution in [0.25, 0.3) is 0 Å². The Labute approximate surface area is 92.5 Å². The molecule has 0 radical (unpaired) electrons. The summed E-state index contributed by atoms with van der Waals surface area (Å²) in [5.74, 6) is -2.56. The minimum Gasteiger partial charge on any atom is -0.481 e. The van der Waals surface area contributed by atoms with Crippen molar-refractivity contribution in [3.63, 3.8) is 0 Å². The van der Waals surface area contributed by atoms with Gasteiger partial charge in [0.25, 0.3) is 0 Å². The third-order valence-electron chi connectivity index (χ3n) is 2.30. The molecule has 0 aliphatic rings. The highest BCUT2D eigenvalue weighted by Gasteiger charge is 2.22. The molecule has 0 saturated carbocycles. The number of carboxylic acid groups (broad SMARTS) is 2. The van der Waals surface area contributed by atoms with Crippen LogP contribution in [0.15, 0.2) is 6.07 Å². The van der Waals surface area contributed by atoms with Crippen LogP contribution in [0.1, 0.15) is 30.1 Å². The molecule has 0 bridgehead atoms. The largest absolute Gasteiger partial charge is 0.481 e. The van der Waals surface area contributed by atoms with E-state index in [0.29, 0.717) is 5.69 Å². The molecule has 0 fully saturated rings. The maximum atomic E-state index is 10.7. The van der Waals surface area contributed by atoms with Crippen LogP contribution in [0.2, 0.25) is 0 Å². The Bertz CT molecular complexity index is 395. The van der Waals surface area contributed by atoms with Gasteiger partial charge in [0.2, 0.25) is 0 Å². The zero-order chi connectivity index (χ0) is 12.3. The first-order valence-corrected chi connectivity index (χ1v) is 4.84. The summed E-state index contributed by atoms with van der Waals surface area (Å²) in [5.41, 5.74) is 1.39. The van der Waals surface area contributed by atoms with Crippen LogP contribution >= 0.6 is 0 Å². The number of hydrogen-bond donors (Lipinski definition) is 2. The normalized spacial score (nSPS) is 10.7. The molecular weight excluding hydrogens is 212 g/mol. The number of aliphatic carboxylic acids is 2. The zero-order valence-corrected chi connectivity index (χ0v) is 9.17. The van der Waals surface area contributed by atoms with Crippen LogP contribution in [0, 0.1) is 6.92 Å². The molecule has 0 aliphatic heterocycles. The zero-order valence-electron chi connectivity index (χ0n) is 9.17. The van der Waals surface area contributed by atoms with E-state index in [9.17, 15) is 9.59 Å². The van der Waals surface area contributed by atoms with E-state index >= 15 is 0 Å². The van der Waals surface area contributed by atoms with Crippen LogP contribution in [-0.4, -0.2) is 31.9 Å². The van der Waals surface area contributed by atoms with E-state index in [1.165, 1.54) is 4.68 Å². The molecule has 0 amide bonds. The second-order valence-electron chi connectivity index (χ2n) is 3.73. The number of nitrogens with zero attached hydrogens (tertiary/aromatic N) is 2. The SMILES string of the molecule is Cc1cc(C(CC(=O)O)CC(=O)O)n(C)n1. The Morgan fingerprint density at radius 2 is 1.88 bits per heavy atom. The summed E-state index contributed by atoms with van der Waals surface area (Å²) in [6.45, 7) is 1.78. The number of carboxylic acids is 2. The Kier molecular flexibility index (Phi) is 3.65. The lowest BCUT2D eigenvalue weighted by atomic mass is 9.97. The molecule has 1 heterocycles. The number of aryl methyl sites for hydroxylation is 2. The quantitative estimate of drug-likeness (QED) is 0.773. The lowest BCUT2D eigenvalue weighted by molar-refractivity contribution is -0.139. The molecule has 2 N–H and O–H groups in total. The summed E-state index contributed by atoms with van der Waals surface area (Å²) in [4.78, 5) is 21.3. The fourth-order valence-electron chi connectivity index (χ4n) is 1.72. The summed E-state index contributed by atoms with van der Waals surface area (Å²) in [7, 11) is 1.68. The summed E-state index contributed by atoms with van der Waals surface area (Å²) >= 11 is 0. The van der Waals surface area contributed by atoms with Crippen LogP contribution < -0.4 is 0 Å². The first kappa shape index (κ1) is 12.2. The number of aromatic nitrogens is 2. The minimum absolute atomic E-state index is 0.203. The number of hydrogen-bond acceptors (Lipinski definition) is 3. The molecular formula is C10H14N2O4. The second-order valence-corrected chi connectivity index (χ2v) is 3.73. The fourth-order valence-corrected chi connectivity index (χ4v) is 1.72. The topological polar surface area (TPSA) is 92.4 Å². The average Bonchev–Trinajstić information content (AvgIpc) is 2.42. The lowest BCUT2D eigenvalue weighted by Crippen LogP contribution is -2.14. The summed E-state index contributed by atoms with van der Waals surface area (Å²) in [6, 6.07) is 1.72. The molecule has 0 atom stereocenters. The van der Waals surface area contributed by atoms with Crippen molar-refractivity contribution in [1.82, 2.24) is 9.78 Å². The summed E-state index contributed by atoms with van der Waals surface area (Å²) < 4.78 is 1.53. The maximum absolute atomic E-state index is 10.7. The molecule has 1 rings (SSSR count). The van der Waals surface area contributed by atoms with Gasteiger partial charge < -0.3 is 10.2 Å². The molecule has 0 unspecified atom stereocenters. The van der Waals surface area contributed by atoms with Crippen LogP contribution in [-0.2, 0) is 16.6 Å². The molecule has 88 valence electrons. The Morgan fingerprint density at radius 3 is 2.19 bits per heavy atom. The van der Waals surface area contributed by atoms with Gasteiger partial charge in [-0.3, -0.25) is 14.3 Å². The third-order valence-corrected chi connectivity index (χ3v) is 2.30. The smallest absolute Gasteiger partial charge is 0.304 e. The highest BCUT2D eigenvalue weighted by atomic mass is 16.4. The second kappa shape index (κ2) is 4.78. The Hall–Kier alpha value is -1.85. The van der Waals surface area contributed by atoms with Gasteiger partial charge in [-0.05, 0) is 13.0 Å². The van der Waals surface area contributed by atoms with Gasteiger partial charge >= 0.3 is 11.9 Å². The molecule has 0 spiro atoms. The van der Waals surface area contributed by atoms with E-state index in [2.05, 4.69) is 5.10 Å². The van der Waals surface area contributed by atoms with Crippen LogP contribution in [0.5, 0.6) is 0 Å². The van der Waals surface area contributed by atoms with Crippen molar-refractivity contribution in [3.05, 3.63) is 17.5 Å². The summed E-state index contributed by atoms with van der Waals surface area (Å²) in [6.07, 6.45) is -0.406. The third kappa shape index (κ3) is 3.08. The van der Waals surface area contributed by atoms with Crippen molar-refractivity contribution in [1.29, 1.82) is 0 Å². The van der Waals surface area contributed by atoms with Crippen molar-refractivity contribution in [2.75, 3.05) is 0 Å². The highest BCUT2D eigenvalue weighted by Crippen LogP contribution is 2.23. The number of carbonyl (C=O) groups is 2. The monoisotopic (exact) mass is 226 g/mol. The highest BCUT2D eigenvalue weighted by molar-refractivity contribution is 5.72. The van der Waals surface area contributed by atoms with Crippen molar-refractivity contribution in [2.45, 2.75) is 25.7 Å². The molecule has 6 nitrogen and oxygen atoms in total. The molecule has 1 aromatic rings.